The van der Waals surface area contributed by atoms with Crippen LogP contribution in [0.15, 0.2) is 0 Å². The third-order valence-corrected chi connectivity index (χ3v) is 6.45. The molecule has 1 aromatic rings. The normalized spacial score (nSPS) is 20.7. The summed E-state index contributed by atoms with van der Waals surface area (Å²) < 4.78 is 0. The van der Waals surface area contributed by atoms with Crippen molar-refractivity contribution in [2.45, 2.75) is 62.0 Å². The van der Waals surface area contributed by atoms with Gasteiger partial charge in [-0.3, -0.25) is 0 Å². The van der Waals surface area contributed by atoms with Gasteiger partial charge in [0.15, 0.2) is 0 Å². The van der Waals surface area contributed by atoms with E-state index in [1.165, 1.54) is 54.1 Å². The first-order valence-corrected chi connectivity index (χ1v) is 8.98. The van der Waals surface area contributed by atoms with E-state index < -0.39 is 0 Å². The van der Waals surface area contributed by atoms with E-state index in [2.05, 4.69) is 17.1 Å². The molecule has 18 heavy (non-hydrogen) atoms. The summed E-state index contributed by atoms with van der Waals surface area (Å²) in [6.07, 6.45) is 8.44. The lowest BCUT2D eigenvalue weighted by molar-refractivity contribution is 0.812. The second kappa shape index (κ2) is 5.93. The minimum atomic E-state index is 0.787. The molecule has 1 heterocycles. The average molecular weight is 282 g/mol. The summed E-state index contributed by atoms with van der Waals surface area (Å²) in [5, 5.41) is 5.55. The Balaban J connectivity index is 1.62. The molecule has 0 bridgehead atoms. The number of nitrogens with zero attached hydrogens (tertiary/aromatic N) is 1. The predicted molar refractivity (Wildman–Crippen MR) is 80.4 cm³/mol. The highest BCUT2D eigenvalue weighted by atomic mass is 32.2. The van der Waals surface area contributed by atoms with E-state index in [9.17, 15) is 0 Å². The number of hydrogen-bond acceptors (Lipinski definition) is 4. The molecule has 2 aliphatic carbocycles. The second-order valence-electron chi connectivity index (χ2n) is 5.44. The van der Waals surface area contributed by atoms with Gasteiger partial charge < -0.3 is 5.32 Å². The van der Waals surface area contributed by atoms with Gasteiger partial charge in [-0.15, -0.1) is 11.3 Å². The van der Waals surface area contributed by atoms with Crippen molar-refractivity contribution < 1.29 is 0 Å². The molecule has 100 valence electrons. The van der Waals surface area contributed by atoms with Gasteiger partial charge in [-0.25, -0.2) is 4.98 Å². The molecule has 0 saturated heterocycles. The molecule has 0 amide bonds. The molecule has 0 aliphatic heterocycles. The molecule has 2 aliphatic rings. The van der Waals surface area contributed by atoms with E-state index in [1.807, 2.05) is 18.4 Å². The Bertz CT molecular complexity index is 392. The zero-order valence-corrected chi connectivity index (χ0v) is 12.7. The summed E-state index contributed by atoms with van der Waals surface area (Å²) in [7, 11) is 2.03. The van der Waals surface area contributed by atoms with Gasteiger partial charge in [0.2, 0.25) is 0 Å². The van der Waals surface area contributed by atoms with E-state index in [0.29, 0.717) is 0 Å². The molecule has 2 fully saturated rings. The molecule has 0 spiro atoms. The Hall–Kier alpha value is -0.0600. The van der Waals surface area contributed by atoms with Gasteiger partial charge in [-0.2, -0.15) is 11.8 Å². The van der Waals surface area contributed by atoms with Crippen LogP contribution in [0.2, 0.25) is 0 Å². The summed E-state index contributed by atoms with van der Waals surface area (Å²) >= 11 is 4.08. The Morgan fingerprint density at radius 1 is 1.28 bits per heavy atom. The van der Waals surface area contributed by atoms with Crippen LogP contribution in [0.5, 0.6) is 0 Å². The maximum Gasteiger partial charge on any atom is 0.103 e. The smallest absolute Gasteiger partial charge is 0.103 e. The minimum Gasteiger partial charge on any atom is -0.315 e. The topological polar surface area (TPSA) is 24.9 Å². The van der Waals surface area contributed by atoms with Gasteiger partial charge in [0, 0.05) is 28.3 Å². The fraction of sp³-hybridized carbons (Fsp3) is 0.786. The second-order valence-corrected chi connectivity index (χ2v) is 7.89. The van der Waals surface area contributed by atoms with Gasteiger partial charge in [-0.05, 0) is 32.7 Å². The zero-order chi connectivity index (χ0) is 12.4. The Kier molecular flexibility index (Phi) is 4.27. The number of hydrogen-bond donors (Lipinski definition) is 1. The summed E-state index contributed by atoms with van der Waals surface area (Å²) in [6, 6.07) is 0. The number of thioether (sulfide) groups is 1. The number of thiazole rings is 1. The van der Waals surface area contributed by atoms with E-state index in [1.54, 1.807) is 0 Å². The molecule has 0 radical (unpaired) electrons. The van der Waals surface area contributed by atoms with Crippen LogP contribution in [-0.2, 0) is 12.3 Å². The van der Waals surface area contributed by atoms with Crippen LogP contribution in [0.4, 0.5) is 0 Å². The standard InChI is InChI=1S/C14H22N2S2/c1-15-8-12-14(10-6-7-10)16-13(18-12)9-17-11-4-2-3-5-11/h10-11,15H,2-9H2,1H3. The molecule has 3 rings (SSSR count). The van der Waals surface area contributed by atoms with Gasteiger partial charge >= 0.3 is 0 Å². The van der Waals surface area contributed by atoms with Gasteiger partial charge in [0.1, 0.15) is 5.01 Å². The Morgan fingerprint density at radius 2 is 2.06 bits per heavy atom. The van der Waals surface area contributed by atoms with Crippen LogP contribution in [0, 0.1) is 0 Å². The minimum absolute atomic E-state index is 0.787. The van der Waals surface area contributed by atoms with Crippen molar-refractivity contribution in [3.8, 4) is 0 Å². The van der Waals surface area contributed by atoms with Crippen molar-refractivity contribution in [1.82, 2.24) is 10.3 Å². The predicted octanol–water partition coefficient (Wildman–Crippen LogP) is 3.92. The molecule has 4 heteroatoms. The van der Waals surface area contributed by atoms with E-state index in [4.69, 9.17) is 4.98 Å². The highest BCUT2D eigenvalue weighted by Gasteiger charge is 2.29. The molecule has 2 saturated carbocycles. The first-order chi connectivity index (χ1) is 8.86. The third-order valence-electron chi connectivity index (χ3n) is 3.82. The van der Waals surface area contributed by atoms with Gasteiger partial charge in [0.05, 0.1) is 5.69 Å². The van der Waals surface area contributed by atoms with Gasteiger partial charge in [-0.1, -0.05) is 12.8 Å². The third kappa shape index (κ3) is 3.09. The van der Waals surface area contributed by atoms with E-state index in [0.717, 1.165) is 23.5 Å². The number of aromatic nitrogens is 1. The van der Waals surface area contributed by atoms with Crippen molar-refractivity contribution in [2.24, 2.45) is 0 Å². The summed E-state index contributed by atoms with van der Waals surface area (Å²) in [5.74, 6) is 1.92. The van der Waals surface area contributed by atoms with Crippen LogP contribution in [0.1, 0.15) is 60.0 Å². The molecule has 1 aromatic heterocycles. The lowest BCUT2D eigenvalue weighted by Crippen LogP contribution is -2.05. The Morgan fingerprint density at radius 3 is 2.72 bits per heavy atom. The number of nitrogens with one attached hydrogen (secondary N) is 1. The zero-order valence-electron chi connectivity index (χ0n) is 11.1. The molecule has 2 nitrogen and oxygen atoms in total. The summed E-state index contributed by atoms with van der Waals surface area (Å²) in [6.45, 7) is 0.998. The Labute approximate surface area is 118 Å². The van der Waals surface area contributed by atoms with Crippen molar-refractivity contribution in [1.29, 1.82) is 0 Å². The highest BCUT2D eigenvalue weighted by molar-refractivity contribution is 7.99. The quantitative estimate of drug-likeness (QED) is 0.856. The molecular weight excluding hydrogens is 260 g/mol. The van der Waals surface area contributed by atoms with E-state index >= 15 is 0 Å². The summed E-state index contributed by atoms with van der Waals surface area (Å²) in [5.41, 5.74) is 1.41. The molecule has 0 unspecified atom stereocenters. The van der Waals surface area contributed by atoms with Crippen LogP contribution in [-0.4, -0.2) is 17.3 Å². The average Bonchev–Trinajstić information content (AvgIpc) is 2.93. The highest BCUT2D eigenvalue weighted by Crippen LogP contribution is 2.43. The van der Waals surface area contributed by atoms with Crippen molar-refractivity contribution in [3.05, 3.63) is 15.6 Å². The number of rotatable bonds is 6. The lowest BCUT2D eigenvalue weighted by atomic mass is 10.2. The van der Waals surface area contributed by atoms with Crippen molar-refractivity contribution in [2.75, 3.05) is 7.05 Å². The fourth-order valence-corrected chi connectivity index (χ4v) is 5.19. The fourth-order valence-electron chi connectivity index (χ4n) is 2.68. The summed E-state index contributed by atoms with van der Waals surface area (Å²) in [4.78, 5) is 6.40. The van der Waals surface area contributed by atoms with Crippen LogP contribution in [0.25, 0.3) is 0 Å². The monoisotopic (exact) mass is 282 g/mol. The van der Waals surface area contributed by atoms with Crippen LogP contribution >= 0.6 is 23.1 Å². The van der Waals surface area contributed by atoms with Crippen LogP contribution < -0.4 is 5.32 Å². The molecule has 0 aromatic carbocycles. The molecular formula is C14H22N2S2. The maximum atomic E-state index is 4.91. The van der Waals surface area contributed by atoms with Crippen molar-refractivity contribution >= 4 is 23.1 Å². The first kappa shape index (κ1) is 12.9. The SMILES string of the molecule is CNCc1sc(CSC2CCCC2)nc1C1CC1. The molecule has 1 N–H and O–H groups in total. The largest absolute Gasteiger partial charge is 0.315 e. The van der Waals surface area contributed by atoms with Gasteiger partial charge in [0.25, 0.3) is 0 Å². The van der Waals surface area contributed by atoms with Crippen molar-refractivity contribution in [3.63, 3.8) is 0 Å². The van der Waals surface area contributed by atoms with E-state index in [-0.39, 0.29) is 0 Å². The lowest BCUT2D eigenvalue weighted by Gasteiger charge is -2.05. The molecule has 0 atom stereocenters. The maximum absolute atomic E-state index is 4.91. The van der Waals surface area contributed by atoms with Crippen LogP contribution in [0.3, 0.4) is 0 Å². The first-order valence-electron chi connectivity index (χ1n) is 7.11.